The van der Waals surface area contributed by atoms with Crippen LogP contribution in [0.25, 0.3) is 0 Å². The summed E-state index contributed by atoms with van der Waals surface area (Å²) in [6.07, 6.45) is 1.34. The van der Waals surface area contributed by atoms with Crippen molar-refractivity contribution in [3.63, 3.8) is 0 Å². The second-order valence-corrected chi connectivity index (χ2v) is 10.2. The Labute approximate surface area is 219 Å². The van der Waals surface area contributed by atoms with Gasteiger partial charge >= 0.3 is 0 Å². The molecule has 0 unspecified atom stereocenters. The van der Waals surface area contributed by atoms with Crippen LogP contribution in [-0.2, 0) is 16.6 Å². The third kappa shape index (κ3) is 5.61. The third-order valence-corrected chi connectivity index (χ3v) is 7.07. The van der Waals surface area contributed by atoms with Gasteiger partial charge in [-0.2, -0.15) is 5.26 Å². The predicted octanol–water partition coefficient (Wildman–Crippen LogP) is 3.74. The van der Waals surface area contributed by atoms with Gasteiger partial charge in [0.05, 0.1) is 22.7 Å². The highest BCUT2D eigenvalue weighted by Gasteiger charge is 2.19. The van der Waals surface area contributed by atoms with Gasteiger partial charge in [-0.15, -0.1) is 0 Å². The van der Waals surface area contributed by atoms with E-state index in [1.54, 1.807) is 26.8 Å². The van der Waals surface area contributed by atoms with Crippen LogP contribution < -0.4 is 10.3 Å². The highest BCUT2D eigenvalue weighted by atomic mass is 32.2. The summed E-state index contributed by atoms with van der Waals surface area (Å²) in [4.78, 5) is 25.4. The van der Waals surface area contributed by atoms with Crippen molar-refractivity contribution < 1.29 is 13.5 Å². The summed E-state index contributed by atoms with van der Waals surface area (Å²) < 4.78 is 29.0. The van der Waals surface area contributed by atoms with Crippen LogP contribution in [0.5, 0.6) is 5.88 Å². The number of aliphatic imine (C=N–C) groups is 1. The molecule has 0 radical (unpaired) electrons. The van der Waals surface area contributed by atoms with E-state index in [0.717, 1.165) is 10.1 Å². The topological polar surface area (TPSA) is 150 Å². The maximum absolute atomic E-state index is 12.8. The van der Waals surface area contributed by atoms with E-state index in [9.17, 15) is 23.6 Å². The summed E-state index contributed by atoms with van der Waals surface area (Å²) in [5, 5.41) is 20.5. The number of nitriles is 1. The van der Waals surface area contributed by atoms with Crippen LogP contribution in [-0.4, -0.2) is 34.3 Å². The van der Waals surface area contributed by atoms with Crippen molar-refractivity contribution in [3.8, 4) is 11.9 Å². The smallest absolute Gasteiger partial charge is 0.271 e. The SMILES string of the molecule is Cc1cc(C)nc(NS(=O)(=O)c2ccc(N=Cc3c(C)c(C#N)c(=O)n(Cc4ccccc4)c3O)cc2)n1. The lowest BCUT2D eigenvalue weighted by atomic mass is 10.1. The fourth-order valence-corrected chi connectivity index (χ4v) is 4.78. The molecule has 38 heavy (non-hydrogen) atoms. The number of aromatic hydroxyl groups is 1. The van der Waals surface area contributed by atoms with E-state index in [-0.39, 0.29) is 34.4 Å². The van der Waals surface area contributed by atoms with Gasteiger partial charge in [-0.25, -0.2) is 23.1 Å². The van der Waals surface area contributed by atoms with Crippen LogP contribution >= 0.6 is 0 Å². The molecule has 2 aromatic carbocycles. The van der Waals surface area contributed by atoms with Crippen molar-refractivity contribution in [3.05, 3.63) is 105 Å². The maximum Gasteiger partial charge on any atom is 0.271 e. The predicted molar refractivity (Wildman–Crippen MR) is 143 cm³/mol. The fraction of sp³-hybridized carbons (Fsp3) is 0.148. The molecule has 192 valence electrons. The first-order valence-corrected chi connectivity index (χ1v) is 13.0. The van der Waals surface area contributed by atoms with Gasteiger partial charge in [0.1, 0.15) is 11.6 Å². The Morgan fingerprint density at radius 1 is 1.05 bits per heavy atom. The minimum Gasteiger partial charge on any atom is -0.494 e. The van der Waals surface area contributed by atoms with Crippen LogP contribution in [0.3, 0.4) is 0 Å². The molecule has 0 amide bonds. The number of nitrogens with one attached hydrogen (secondary N) is 1. The number of nitrogens with zero attached hydrogens (tertiary/aromatic N) is 5. The summed E-state index contributed by atoms with van der Waals surface area (Å²) in [6, 6.07) is 18.5. The van der Waals surface area contributed by atoms with Gasteiger partial charge in [-0.1, -0.05) is 30.3 Å². The number of aromatic nitrogens is 3. The standard InChI is InChI=1S/C27H24N6O4S/c1-17-13-18(2)31-27(30-17)32-38(36,37)22-11-9-21(10-12-22)29-15-24-19(3)23(14-28)25(34)33(26(24)35)16-20-7-5-4-6-8-20/h4-13,15,35H,16H2,1-3H3,(H,30,31,32). The van der Waals surface area contributed by atoms with E-state index < -0.39 is 15.6 Å². The van der Waals surface area contributed by atoms with Gasteiger partial charge in [0.15, 0.2) is 0 Å². The van der Waals surface area contributed by atoms with Crippen LogP contribution in [0, 0.1) is 32.1 Å². The first-order valence-electron chi connectivity index (χ1n) is 11.5. The summed E-state index contributed by atoms with van der Waals surface area (Å²) in [5.41, 5.74) is 2.24. The number of rotatable bonds is 7. The van der Waals surface area contributed by atoms with Crippen LogP contribution in [0.15, 0.2) is 75.3 Å². The molecule has 2 heterocycles. The first kappa shape index (κ1) is 26.2. The van der Waals surface area contributed by atoms with Gasteiger partial charge < -0.3 is 5.11 Å². The molecule has 0 saturated carbocycles. The molecule has 11 heteroatoms. The molecule has 10 nitrogen and oxygen atoms in total. The zero-order chi connectivity index (χ0) is 27.4. The molecule has 4 rings (SSSR count). The number of hydrogen-bond acceptors (Lipinski definition) is 8. The zero-order valence-electron chi connectivity index (χ0n) is 20.9. The van der Waals surface area contributed by atoms with Gasteiger partial charge in [0.2, 0.25) is 11.8 Å². The van der Waals surface area contributed by atoms with Gasteiger partial charge in [0, 0.05) is 17.6 Å². The lowest BCUT2D eigenvalue weighted by molar-refractivity contribution is 0.413. The summed E-state index contributed by atoms with van der Waals surface area (Å²) >= 11 is 0. The van der Waals surface area contributed by atoms with E-state index in [1.807, 2.05) is 36.4 Å². The molecule has 2 N–H and O–H groups in total. The second-order valence-electron chi connectivity index (χ2n) is 8.56. The Balaban J connectivity index is 1.63. The van der Waals surface area contributed by atoms with Gasteiger partial charge in [-0.3, -0.25) is 14.4 Å². The van der Waals surface area contributed by atoms with Crippen molar-refractivity contribution in [2.45, 2.75) is 32.2 Å². The van der Waals surface area contributed by atoms with E-state index in [1.165, 1.54) is 30.5 Å². The highest BCUT2D eigenvalue weighted by molar-refractivity contribution is 7.92. The van der Waals surface area contributed by atoms with Crippen molar-refractivity contribution in [1.82, 2.24) is 14.5 Å². The maximum atomic E-state index is 12.8. The molecule has 0 fully saturated rings. The average Bonchev–Trinajstić information content (AvgIpc) is 2.87. The molecule has 4 aromatic rings. The zero-order valence-corrected chi connectivity index (χ0v) is 21.7. The fourth-order valence-electron chi connectivity index (χ4n) is 3.84. The number of sulfonamides is 1. The summed E-state index contributed by atoms with van der Waals surface area (Å²) in [6.45, 7) is 5.12. The number of anilines is 1. The summed E-state index contributed by atoms with van der Waals surface area (Å²) in [7, 11) is -3.93. The molecule has 0 spiro atoms. The molecule has 0 aliphatic rings. The highest BCUT2D eigenvalue weighted by Crippen LogP contribution is 2.23. The molecular weight excluding hydrogens is 504 g/mol. The van der Waals surface area contributed by atoms with Crippen molar-refractivity contribution in [1.29, 1.82) is 5.26 Å². The minimum atomic E-state index is -3.93. The Kier molecular flexibility index (Phi) is 7.36. The second kappa shape index (κ2) is 10.7. The van der Waals surface area contributed by atoms with E-state index in [0.29, 0.717) is 22.6 Å². The van der Waals surface area contributed by atoms with Crippen molar-refractivity contribution in [2.24, 2.45) is 4.99 Å². The quantitative estimate of drug-likeness (QED) is 0.347. The molecular formula is C27H24N6O4S. The van der Waals surface area contributed by atoms with E-state index in [2.05, 4.69) is 19.7 Å². The molecule has 0 atom stereocenters. The lowest BCUT2D eigenvalue weighted by Crippen LogP contribution is -2.25. The number of benzene rings is 2. The Hall–Kier alpha value is -4.82. The largest absolute Gasteiger partial charge is 0.494 e. The van der Waals surface area contributed by atoms with Gasteiger partial charge in [-0.05, 0) is 62.2 Å². The Bertz CT molecular complexity index is 1720. The lowest BCUT2D eigenvalue weighted by Gasteiger charge is -2.14. The Morgan fingerprint density at radius 2 is 1.68 bits per heavy atom. The number of aryl methyl sites for hydroxylation is 2. The normalized spacial score (nSPS) is 11.4. The van der Waals surface area contributed by atoms with Crippen LogP contribution in [0.2, 0.25) is 0 Å². The van der Waals surface area contributed by atoms with Crippen molar-refractivity contribution in [2.75, 3.05) is 4.72 Å². The van der Waals surface area contributed by atoms with Gasteiger partial charge in [0.25, 0.3) is 15.6 Å². The minimum absolute atomic E-state index is 0.0126. The molecule has 0 aliphatic carbocycles. The van der Waals surface area contributed by atoms with E-state index >= 15 is 0 Å². The average molecular weight is 529 g/mol. The van der Waals surface area contributed by atoms with E-state index in [4.69, 9.17) is 0 Å². The Morgan fingerprint density at radius 3 is 2.29 bits per heavy atom. The van der Waals surface area contributed by atoms with Crippen molar-refractivity contribution >= 4 is 27.9 Å². The molecule has 0 saturated heterocycles. The number of hydrogen-bond donors (Lipinski definition) is 2. The summed E-state index contributed by atoms with van der Waals surface area (Å²) in [5.74, 6) is -0.342. The van der Waals surface area contributed by atoms with Crippen LogP contribution in [0.4, 0.5) is 11.6 Å². The molecule has 0 aliphatic heterocycles. The number of pyridine rings is 1. The first-order chi connectivity index (χ1) is 18.1. The third-order valence-electron chi connectivity index (χ3n) is 5.73. The molecule has 2 aromatic heterocycles. The molecule has 0 bridgehead atoms. The monoisotopic (exact) mass is 528 g/mol. The van der Waals surface area contributed by atoms with Crippen LogP contribution in [0.1, 0.15) is 33.6 Å².